The van der Waals surface area contributed by atoms with Crippen molar-refractivity contribution in [2.24, 2.45) is 0 Å². The Bertz CT molecular complexity index is 675. The molecule has 0 bridgehead atoms. The molecule has 0 amide bonds. The normalized spacial score (nSPS) is 10.0. The molecule has 5 heteroatoms. The lowest BCUT2D eigenvalue weighted by Crippen LogP contribution is -1.96. The average Bonchev–Trinajstić information content (AvgIpc) is 2.38. The number of halogens is 2. The van der Waals surface area contributed by atoms with Gasteiger partial charge < -0.3 is 11.1 Å². The van der Waals surface area contributed by atoms with Crippen molar-refractivity contribution in [3.05, 3.63) is 50.4 Å². The quantitative estimate of drug-likeness (QED) is 0.741. The minimum atomic E-state index is 0.616. The Morgan fingerprint density at radius 1 is 1.11 bits per heavy atom. The van der Waals surface area contributed by atoms with Gasteiger partial charge in [-0.1, -0.05) is 0 Å². The van der Waals surface area contributed by atoms with Gasteiger partial charge >= 0.3 is 0 Å². The van der Waals surface area contributed by atoms with Gasteiger partial charge in [0.05, 0.1) is 23.0 Å². The van der Waals surface area contributed by atoms with E-state index in [0.29, 0.717) is 5.56 Å². The van der Waals surface area contributed by atoms with Crippen LogP contribution in [-0.2, 0) is 0 Å². The van der Waals surface area contributed by atoms with Gasteiger partial charge in [0.15, 0.2) is 0 Å². The van der Waals surface area contributed by atoms with E-state index < -0.39 is 0 Å². The van der Waals surface area contributed by atoms with Crippen LogP contribution >= 0.6 is 31.9 Å². The van der Waals surface area contributed by atoms with Gasteiger partial charge in [-0.25, -0.2) is 0 Å². The van der Waals surface area contributed by atoms with E-state index in [1.807, 2.05) is 25.1 Å². The molecule has 0 aliphatic heterocycles. The second-order valence-corrected chi connectivity index (χ2v) is 5.83. The van der Waals surface area contributed by atoms with Crippen molar-refractivity contribution in [1.29, 1.82) is 5.26 Å². The predicted octanol–water partition coefficient (Wildman–Crippen LogP) is 4.72. The number of hydrogen-bond donors (Lipinski definition) is 2. The van der Waals surface area contributed by atoms with E-state index >= 15 is 0 Å². The first kappa shape index (κ1) is 13.9. The molecule has 0 saturated carbocycles. The Morgan fingerprint density at radius 3 is 2.42 bits per heavy atom. The molecule has 3 nitrogen and oxygen atoms in total. The van der Waals surface area contributed by atoms with Crippen LogP contribution in [0.2, 0.25) is 0 Å². The number of benzene rings is 2. The van der Waals surface area contributed by atoms with Crippen LogP contribution in [0.3, 0.4) is 0 Å². The fraction of sp³-hybridized carbons (Fsp3) is 0.0714. The molecule has 0 aliphatic carbocycles. The van der Waals surface area contributed by atoms with Crippen molar-refractivity contribution < 1.29 is 0 Å². The molecule has 0 aliphatic rings. The Morgan fingerprint density at radius 2 is 1.79 bits per heavy atom. The maximum absolute atomic E-state index is 8.84. The molecule has 96 valence electrons. The van der Waals surface area contributed by atoms with Crippen LogP contribution in [-0.4, -0.2) is 0 Å². The molecule has 2 aromatic carbocycles. The van der Waals surface area contributed by atoms with Crippen LogP contribution in [0, 0.1) is 18.3 Å². The number of anilines is 3. The summed E-state index contributed by atoms with van der Waals surface area (Å²) in [7, 11) is 0. The fourth-order valence-electron chi connectivity index (χ4n) is 1.62. The Kier molecular flexibility index (Phi) is 4.13. The SMILES string of the molecule is Cc1cc(Nc2ccc(C#N)cc2Br)c(Br)cc1N. The van der Waals surface area contributed by atoms with Gasteiger partial charge in [-0.3, -0.25) is 0 Å². The molecule has 2 rings (SSSR count). The highest BCUT2D eigenvalue weighted by Gasteiger charge is 2.07. The lowest BCUT2D eigenvalue weighted by Gasteiger charge is -2.12. The molecule has 0 aromatic heterocycles. The van der Waals surface area contributed by atoms with E-state index in [-0.39, 0.29) is 0 Å². The molecular weight excluding hydrogens is 370 g/mol. The Balaban J connectivity index is 2.37. The monoisotopic (exact) mass is 379 g/mol. The molecule has 0 unspecified atom stereocenters. The summed E-state index contributed by atoms with van der Waals surface area (Å²) >= 11 is 6.93. The summed E-state index contributed by atoms with van der Waals surface area (Å²) in [4.78, 5) is 0. The molecule has 0 saturated heterocycles. The molecular formula is C14H11Br2N3. The molecule has 19 heavy (non-hydrogen) atoms. The number of hydrogen-bond acceptors (Lipinski definition) is 3. The zero-order valence-corrected chi connectivity index (χ0v) is 13.3. The van der Waals surface area contributed by atoms with Crippen molar-refractivity contribution in [3.63, 3.8) is 0 Å². The number of nitrogen functional groups attached to an aromatic ring is 1. The van der Waals surface area contributed by atoms with Gasteiger partial charge in [0.1, 0.15) is 0 Å². The van der Waals surface area contributed by atoms with E-state index in [4.69, 9.17) is 11.0 Å². The third-order valence-electron chi connectivity index (χ3n) is 2.72. The Hall–Kier alpha value is -1.51. The number of aryl methyl sites for hydroxylation is 1. The summed E-state index contributed by atoms with van der Waals surface area (Å²) in [6.45, 7) is 1.96. The van der Waals surface area contributed by atoms with E-state index in [1.54, 1.807) is 12.1 Å². The number of rotatable bonds is 2. The van der Waals surface area contributed by atoms with Crippen LogP contribution in [0.4, 0.5) is 17.1 Å². The summed E-state index contributed by atoms with van der Waals surface area (Å²) < 4.78 is 1.74. The van der Waals surface area contributed by atoms with Crippen LogP contribution in [0.5, 0.6) is 0 Å². The highest BCUT2D eigenvalue weighted by molar-refractivity contribution is 9.11. The predicted molar refractivity (Wildman–Crippen MR) is 85.4 cm³/mol. The summed E-state index contributed by atoms with van der Waals surface area (Å²) in [5, 5.41) is 12.1. The van der Waals surface area contributed by atoms with Crippen molar-refractivity contribution in [2.75, 3.05) is 11.1 Å². The molecule has 0 atom stereocenters. The highest BCUT2D eigenvalue weighted by atomic mass is 79.9. The van der Waals surface area contributed by atoms with Gasteiger partial charge in [-0.15, -0.1) is 0 Å². The van der Waals surface area contributed by atoms with Crippen LogP contribution in [0.15, 0.2) is 39.3 Å². The van der Waals surface area contributed by atoms with Gasteiger partial charge in [-0.05, 0) is 74.7 Å². The zero-order chi connectivity index (χ0) is 14.0. The lowest BCUT2D eigenvalue weighted by atomic mass is 10.1. The minimum absolute atomic E-state index is 0.616. The number of nitrogens with zero attached hydrogens (tertiary/aromatic N) is 1. The molecule has 0 fully saturated rings. The molecule has 0 spiro atoms. The first-order chi connectivity index (χ1) is 9.01. The van der Waals surface area contributed by atoms with Crippen molar-refractivity contribution in [2.45, 2.75) is 6.92 Å². The largest absolute Gasteiger partial charge is 0.398 e. The van der Waals surface area contributed by atoms with Crippen LogP contribution < -0.4 is 11.1 Å². The molecule has 0 radical (unpaired) electrons. The topological polar surface area (TPSA) is 61.8 Å². The van der Waals surface area contributed by atoms with Gasteiger partial charge in [0.25, 0.3) is 0 Å². The third-order valence-corrected chi connectivity index (χ3v) is 4.04. The van der Waals surface area contributed by atoms with Crippen molar-refractivity contribution in [3.8, 4) is 6.07 Å². The minimum Gasteiger partial charge on any atom is -0.398 e. The first-order valence-corrected chi connectivity index (χ1v) is 7.12. The average molecular weight is 381 g/mol. The maximum atomic E-state index is 8.84. The first-order valence-electron chi connectivity index (χ1n) is 5.53. The third kappa shape index (κ3) is 3.09. The van der Waals surface area contributed by atoms with Crippen molar-refractivity contribution in [1.82, 2.24) is 0 Å². The number of nitrogens with two attached hydrogens (primary N) is 1. The zero-order valence-electron chi connectivity index (χ0n) is 10.2. The van der Waals surface area contributed by atoms with E-state index in [9.17, 15) is 0 Å². The second-order valence-electron chi connectivity index (χ2n) is 4.12. The molecule has 2 aromatic rings. The summed E-state index contributed by atoms with van der Waals surface area (Å²) in [6, 6.07) is 11.4. The van der Waals surface area contributed by atoms with Gasteiger partial charge in [0.2, 0.25) is 0 Å². The van der Waals surface area contributed by atoms with Crippen molar-refractivity contribution >= 4 is 48.9 Å². The van der Waals surface area contributed by atoms with Gasteiger partial charge in [0, 0.05) is 14.6 Å². The standard InChI is InChI=1S/C14H11Br2N3/c1-8-4-14(11(16)6-12(8)18)19-13-3-2-9(7-17)5-10(13)15/h2-6,19H,18H2,1H3. The molecule has 3 N–H and O–H groups in total. The Labute approximate surface area is 128 Å². The van der Waals surface area contributed by atoms with E-state index in [0.717, 1.165) is 31.6 Å². The fourth-order valence-corrected chi connectivity index (χ4v) is 2.56. The number of nitriles is 1. The van der Waals surface area contributed by atoms with E-state index in [1.165, 1.54) is 0 Å². The summed E-state index contributed by atoms with van der Waals surface area (Å²) in [5.74, 6) is 0. The van der Waals surface area contributed by atoms with E-state index in [2.05, 4.69) is 43.2 Å². The van der Waals surface area contributed by atoms with Gasteiger partial charge in [-0.2, -0.15) is 5.26 Å². The summed E-state index contributed by atoms with van der Waals surface area (Å²) in [6.07, 6.45) is 0. The maximum Gasteiger partial charge on any atom is 0.0992 e. The highest BCUT2D eigenvalue weighted by Crippen LogP contribution is 2.33. The molecule has 0 heterocycles. The lowest BCUT2D eigenvalue weighted by molar-refractivity contribution is 1.42. The number of nitrogens with one attached hydrogen (secondary N) is 1. The summed E-state index contributed by atoms with van der Waals surface area (Å²) in [5.41, 5.74) is 10.0. The van der Waals surface area contributed by atoms with Crippen LogP contribution in [0.1, 0.15) is 11.1 Å². The van der Waals surface area contributed by atoms with Crippen LogP contribution in [0.25, 0.3) is 0 Å². The smallest absolute Gasteiger partial charge is 0.0992 e. The second kappa shape index (κ2) is 5.64.